The summed E-state index contributed by atoms with van der Waals surface area (Å²) >= 11 is 0. The lowest BCUT2D eigenvalue weighted by Gasteiger charge is -2.07. The number of aromatic nitrogens is 1. The normalized spacial score (nSPS) is 11.2. The SMILES string of the molecule is CC.CC.O=c1c(Cc2ccc(F)cc2)cc([N+](=O)[O-])c2n1CCN2. The molecule has 3 rings (SSSR count). The maximum Gasteiger partial charge on any atom is 0.310 e. The number of nitrogens with zero attached hydrogens (tertiary/aromatic N) is 2. The van der Waals surface area contributed by atoms with Gasteiger partial charge in [0.2, 0.25) is 0 Å². The summed E-state index contributed by atoms with van der Waals surface area (Å²) in [5, 5.41) is 14.0. The van der Waals surface area contributed by atoms with Gasteiger partial charge >= 0.3 is 5.69 Å². The highest BCUT2D eigenvalue weighted by molar-refractivity contribution is 5.59. The summed E-state index contributed by atoms with van der Waals surface area (Å²) in [6.07, 6.45) is 0.236. The molecule has 0 aliphatic carbocycles. The van der Waals surface area contributed by atoms with E-state index in [9.17, 15) is 19.3 Å². The summed E-state index contributed by atoms with van der Waals surface area (Å²) in [4.78, 5) is 23.0. The number of rotatable bonds is 3. The molecule has 0 fully saturated rings. The number of benzene rings is 1. The van der Waals surface area contributed by atoms with Gasteiger partial charge < -0.3 is 5.32 Å². The van der Waals surface area contributed by atoms with Crippen LogP contribution in [0.25, 0.3) is 0 Å². The van der Waals surface area contributed by atoms with Crippen LogP contribution in [0.15, 0.2) is 35.1 Å². The van der Waals surface area contributed by atoms with Gasteiger partial charge in [-0.3, -0.25) is 19.5 Å². The van der Waals surface area contributed by atoms with Crippen LogP contribution in [0.3, 0.4) is 0 Å². The van der Waals surface area contributed by atoms with E-state index in [1.54, 1.807) is 12.1 Å². The van der Waals surface area contributed by atoms with Crippen LogP contribution in [-0.2, 0) is 13.0 Å². The zero-order valence-electron chi connectivity index (χ0n) is 15.0. The second-order valence-electron chi connectivity index (χ2n) is 4.85. The van der Waals surface area contributed by atoms with E-state index in [4.69, 9.17) is 0 Å². The Labute approximate surface area is 146 Å². The molecule has 136 valence electrons. The van der Waals surface area contributed by atoms with Crippen LogP contribution in [0, 0.1) is 15.9 Å². The van der Waals surface area contributed by atoms with Gasteiger partial charge in [-0.1, -0.05) is 39.8 Å². The van der Waals surface area contributed by atoms with Gasteiger partial charge in [-0.25, -0.2) is 4.39 Å². The smallest absolute Gasteiger partial charge is 0.310 e. The molecule has 0 saturated carbocycles. The van der Waals surface area contributed by atoms with Gasteiger partial charge in [0.25, 0.3) is 5.56 Å². The predicted molar refractivity (Wildman–Crippen MR) is 97.7 cm³/mol. The molecule has 1 aromatic heterocycles. The molecule has 6 nitrogen and oxygen atoms in total. The number of halogens is 1. The third kappa shape index (κ3) is 4.65. The highest BCUT2D eigenvalue weighted by Crippen LogP contribution is 2.27. The highest BCUT2D eigenvalue weighted by atomic mass is 19.1. The van der Waals surface area contributed by atoms with Crippen LogP contribution in [0.2, 0.25) is 0 Å². The van der Waals surface area contributed by atoms with Crippen molar-refractivity contribution in [2.45, 2.75) is 40.7 Å². The fourth-order valence-corrected chi connectivity index (χ4v) is 2.48. The largest absolute Gasteiger partial charge is 0.364 e. The monoisotopic (exact) mass is 349 g/mol. The molecule has 0 atom stereocenters. The summed E-state index contributed by atoms with van der Waals surface area (Å²) in [6, 6.07) is 7.04. The fourth-order valence-electron chi connectivity index (χ4n) is 2.48. The van der Waals surface area contributed by atoms with Crippen molar-refractivity contribution in [3.05, 3.63) is 67.7 Å². The molecule has 0 saturated heterocycles. The van der Waals surface area contributed by atoms with Gasteiger partial charge in [0.05, 0.1) is 4.92 Å². The quantitative estimate of drug-likeness (QED) is 0.672. The van der Waals surface area contributed by atoms with E-state index in [-0.39, 0.29) is 29.3 Å². The van der Waals surface area contributed by atoms with Crippen LogP contribution >= 0.6 is 0 Å². The first kappa shape index (κ1) is 20.3. The molecule has 0 bridgehead atoms. The van der Waals surface area contributed by atoms with E-state index < -0.39 is 4.92 Å². The molecule has 2 heterocycles. The Morgan fingerprint density at radius 2 is 1.80 bits per heavy atom. The molecular weight excluding hydrogens is 325 g/mol. The first-order chi connectivity index (χ1) is 12.1. The Morgan fingerprint density at radius 1 is 1.20 bits per heavy atom. The van der Waals surface area contributed by atoms with Crippen LogP contribution < -0.4 is 10.9 Å². The summed E-state index contributed by atoms with van der Waals surface area (Å²) < 4.78 is 14.3. The molecule has 7 heteroatoms. The number of pyridine rings is 1. The van der Waals surface area contributed by atoms with Gasteiger partial charge in [-0.2, -0.15) is 0 Å². The minimum absolute atomic E-state index is 0.107. The second-order valence-corrected chi connectivity index (χ2v) is 4.85. The van der Waals surface area contributed by atoms with Crippen molar-refractivity contribution < 1.29 is 9.31 Å². The molecule has 1 aromatic carbocycles. The van der Waals surface area contributed by atoms with Crippen LogP contribution in [0.5, 0.6) is 0 Å². The lowest BCUT2D eigenvalue weighted by Crippen LogP contribution is -2.23. The third-order valence-electron chi connectivity index (χ3n) is 3.48. The lowest BCUT2D eigenvalue weighted by molar-refractivity contribution is -0.384. The maximum absolute atomic E-state index is 12.9. The Balaban J connectivity index is 0.000000730. The number of hydrogen-bond acceptors (Lipinski definition) is 4. The minimum atomic E-state index is -0.502. The Kier molecular flexibility index (Phi) is 7.78. The molecule has 2 aromatic rings. The molecule has 0 radical (unpaired) electrons. The van der Waals surface area contributed by atoms with E-state index in [0.29, 0.717) is 18.7 Å². The number of nitrogens with one attached hydrogen (secondary N) is 1. The first-order valence-electron chi connectivity index (χ1n) is 8.45. The van der Waals surface area contributed by atoms with Crippen molar-refractivity contribution >= 4 is 11.5 Å². The number of anilines is 1. The van der Waals surface area contributed by atoms with E-state index in [1.807, 2.05) is 27.7 Å². The Hall–Kier alpha value is -2.70. The zero-order valence-corrected chi connectivity index (χ0v) is 15.0. The van der Waals surface area contributed by atoms with Crippen molar-refractivity contribution in [2.75, 3.05) is 11.9 Å². The minimum Gasteiger partial charge on any atom is -0.364 e. The van der Waals surface area contributed by atoms with E-state index in [1.165, 1.54) is 22.8 Å². The predicted octanol–water partition coefficient (Wildman–Crippen LogP) is 3.96. The first-order valence-corrected chi connectivity index (χ1v) is 8.45. The Bertz CT molecular complexity index is 770. The molecule has 0 amide bonds. The van der Waals surface area contributed by atoms with Crippen molar-refractivity contribution in [1.29, 1.82) is 0 Å². The number of fused-ring (bicyclic) bond motifs is 1. The topological polar surface area (TPSA) is 77.2 Å². The third-order valence-corrected chi connectivity index (χ3v) is 3.48. The van der Waals surface area contributed by atoms with Crippen molar-refractivity contribution in [3.8, 4) is 0 Å². The van der Waals surface area contributed by atoms with Crippen LogP contribution in [0.1, 0.15) is 38.8 Å². The van der Waals surface area contributed by atoms with Gasteiger partial charge in [-0.15, -0.1) is 0 Å². The highest BCUT2D eigenvalue weighted by Gasteiger charge is 2.25. The van der Waals surface area contributed by atoms with Gasteiger partial charge in [0.15, 0.2) is 5.82 Å². The average molecular weight is 349 g/mol. The fraction of sp³-hybridized carbons (Fsp3) is 0.389. The van der Waals surface area contributed by atoms with Crippen molar-refractivity contribution in [2.24, 2.45) is 0 Å². The van der Waals surface area contributed by atoms with Crippen LogP contribution in [-0.4, -0.2) is 16.0 Å². The molecule has 1 aliphatic rings. The average Bonchev–Trinajstić information content (AvgIpc) is 3.12. The Morgan fingerprint density at radius 3 is 2.36 bits per heavy atom. The summed E-state index contributed by atoms with van der Waals surface area (Å²) in [5.41, 5.74) is 0.712. The molecular formula is C18H24FN3O3. The number of nitro groups is 1. The van der Waals surface area contributed by atoms with E-state index >= 15 is 0 Å². The summed E-state index contributed by atoms with van der Waals surface area (Å²) in [5.74, 6) is -0.104. The molecule has 0 unspecified atom stereocenters. The molecule has 25 heavy (non-hydrogen) atoms. The van der Waals surface area contributed by atoms with Crippen molar-refractivity contribution in [1.82, 2.24) is 4.57 Å². The summed E-state index contributed by atoms with van der Waals surface area (Å²) in [7, 11) is 0. The van der Waals surface area contributed by atoms with Gasteiger partial charge in [0.1, 0.15) is 5.82 Å². The standard InChI is InChI=1S/C14H12FN3O3.2C2H6/c15-11-3-1-9(2-4-11)7-10-8-12(18(20)21)13-16-5-6-17(13)14(10)19;2*1-2/h1-4,8,16H,5-7H2;2*1-2H3. The summed E-state index contributed by atoms with van der Waals surface area (Å²) in [6.45, 7) is 8.91. The molecule has 1 aliphatic heterocycles. The maximum atomic E-state index is 12.9. The molecule has 1 N–H and O–H groups in total. The zero-order chi connectivity index (χ0) is 19.0. The number of hydrogen-bond donors (Lipinski definition) is 1. The van der Waals surface area contributed by atoms with Gasteiger partial charge in [0, 0.05) is 31.1 Å². The lowest BCUT2D eigenvalue weighted by atomic mass is 10.1. The van der Waals surface area contributed by atoms with Crippen molar-refractivity contribution in [3.63, 3.8) is 0 Å². The van der Waals surface area contributed by atoms with Gasteiger partial charge in [-0.05, 0) is 17.7 Å². The van der Waals surface area contributed by atoms with E-state index in [0.717, 1.165) is 5.56 Å². The van der Waals surface area contributed by atoms with E-state index in [2.05, 4.69) is 5.32 Å². The second kappa shape index (κ2) is 9.56. The molecule has 0 spiro atoms. The van der Waals surface area contributed by atoms with Crippen LogP contribution in [0.4, 0.5) is 15.9 Å².